The Bertz CT molecular complexity index is 880. The lowest BCUT2D eigenvalue weighted by atomic mass is 9.97. The standard InChI is InChI=1S/C21H25FN4O/c1-15-12-26(17-11-24-25(2)13-17)14-23-21(15)16-8-9-20(19(22)10-16)27-18-6-4-3-5-7-18/h8-13,18H,3-7,14H2,1-2H3. The number of hydrogen-bond donors (Lipinski definition) is 0. The van der Waals surface area contributed by atoms with E-state index in [0.29, 0.717) is 12.4 Å². The van der Waals surface area contributed by atoms with Crippen LogP contribution in [0.4, 0.5) is 10.1 Å². The summed E-state index contributed by atoms with van der Waals surface area (Å²) in [6.07, 6.45) is 11.5. The van der Waals surface area contributed by atoms with Gasteiger partial charge < -0.3 is 9.64 Å². The van der Waals surface area contributed by atoms with E-state index >= 15 is 0 Å². The summed E-state index contributed by atoms with van der Waals surface area (Å²) >= 11 is 0. The molecule has 1 saturated carbocycles. The Balaban J connectivity index is 1.49. The summed E-state index contributed by atoms with van der Waals surface area (Å²) in [6, 6.07) is 5.17. The molecule has 0 amide bonds. The van der Waals surface area contributed by atoms with Crippen LogP contribution in [0, 0.1) is 5.82 Å². The van der Waals surface area contributed by atoms with Crippen molar-refractivity contribution < 1.29 is 9.13 Å². The molecule has 1 fully saturated rings. The summed E-state index contributed by atoms with van der Waals surface area (Å²) in [5.74, 6) is 0.0314. The van der Waals surface area contributed by atoms with E-state index in [0.717, 1.165) is 35.4 Å². The van der Waals surface area contributed by atoms with E-state index < -0.39 is 0 Å². The average molecular weight is 368 g/mol. The number of aromatic nitrogens is 2. The zero-order chi connectivity index (χ0) is 18.8. The van der Waals surface area contributed by atoms with Crippen LogP contribution in [-0.4, -0.2) is 28.3 Å². The highest BCUT2D eigenvalue weighted by atomic mass is 19.1. The Kier molecular flexibility index (Phi) is 4.97. The second-order valence-corrected chi connectivity index (χ2v) is 7.33. The van der Waals surface area contributed by atoms with Crippen LogP contribution in [0.3, 0.4) is 0 Å². The first-order valence-electron chi connectivity index (χ1n) is 9.55. The second kappa shape index (κ2) is 7.55. The van der Waals surface area contributed by atoms with E-state index in [-0.39, 0.29) is 11.9 Å². The molecular formula is C21H25FN4O. The summed E-state index contributed by atoms with van der Waals surface area (Å²) in [5.41, 5.74) is 3.58. The molecule has 5 nitrogen and oxygen atoms in total. The number of ether oxygens (including phenoxy) is 1. The van der Waals surface area contributed by atoms with Crippen molar-refractivity contribution in [3.63, 3.8) is 0 Å². The van der Waals surface area contributed by atoms with Crippen LogP contribution in [0.2, 0.25) is 0 Å². The number of allylic oxidation sites excluding steroid dienone is 1. The summed E-state index contributed by atoms with van der Waals surface area (Å²) in [6.45, 7) is 2.48. The fourth-order valence-corrected chi connectivity index (χ4v) is 3.75. The Hall–Kier alpha value is -2.63. The molecule has 4 rings (SSSR count). The van der Waals surface area contributed by atoms with Crippen molar-refractivity contribution in [2.45, 2.75) is 45.1 Å². The van der Waals surface area contributed by atoms with Gasteiger partial charge in [0, 0.05) is 25.0 Å². The fraction of sp³-hybridized carbons (Fsp3) is 0.429. The van der Waals surface area contributed by atoms with Crippen molar-refractivity contribution in [3.8, 4) is 5.75 Å². The maximum Gasteiger partial charge on any atom is 0.165 e. The van der Waals surface area contributed by atoms with Gasteiger partial charge in [-0.1, -0.05) is 6.42 Å². The van der Waals surface area contributed by atoms with Crippen LogP contribution in [0.5, 0.6) is 5.75 Å². The molecule has 27 heavy (non-hydrogen) atoms. The Morgan fingerprint density at radius 3 is 2.67 bits per heavy atom. The van der Waals surface area contributed by atoms with Crippen molar-refractivity contribution >= 4 is 11.4 Å². The molecule has 1 aromatic carbocycles. The molecule has 2 heterocycles. The van der Waals surface area contributed by atoms with Crippen molar-refractivity contribution in [2.75, 3.05) is 11.6 Å². The van der Waals surface area contributed by atoms with Gasteiger partial charge in [-0.3, -0.25) is 9.67 Å². The minimum atomic E-state index is -0.316. The van der Waals surface area contributed by atoms with Gasteiger partial charge in [-0.2, -0.15) is 5.10 Å². The van der Waals surface area contributed by atoms with Gasteiger partial charge in [0.25, 0.3) is 0 Å². The molecule has 0 spiro atoms. The smallest absolute Gasteiger partial charge is 0.165 e. The molecule has 142 valence electrons. The molecule has 1 aliphatic heterocycles. The molecule has 1 aromatic heterocycles. The minimum absolute atomic E-state index is 0.140. The predicted molar refractivity (Wildman–Crippen MR) is 105 cm³/mol. The van der Waals surface area contributed by atoms with E-state index in [1.807, 2.05) is 37.3 Å². The Morgan fingerprint density at radius 2 is 2.00 bits per heavy atom. The number of nitrogens with zero attached hydrogens (tertiary/aromatic N) is 4. The van der Waals surface area contributed by atoms with Gasteiger partial charge in [0.2, 0.25) is 0 Å². The van der Waals surface area contributed by atoms with E-state index in [1.165, 1.54) is 25.3 Å². The van der Waals surface area contributed by atoms with Gasteiger partial charge >= 0.3 is 0 Å². The quantitative estimate of drug-likeness (QED) is 0.801. The van der Waals surface area contributed by atoms with E-state index in [2.05, 4.69) is 10.1 Å². The minimum Gasteiger partial charge on any atom is -0.487 e. The number of halogens is 1. The summed E-state index contributed by atoms with van der Waals surface area (Å²) in [7, 11) is 1.89. The largest absolute Gasteiger partial charge is 0.487 e. The predicted octanol–water partition coefficient (Wildman–Crippen LogP) is 4.44. The van der Waals surface area contributed by atoms with Crippen molar-refractivity contribution in [2.24, 2.45) is 12.0 Å². The third-order valence-corrected chi connectivity index (χ3v) is 5.18. The van der Waals surface area contributed by atoms with Gasteiger partial charge in [0.15, 0.2) is 11.6 Å². The van der Waals surface area contributed by atoms with E-state index in [9.17, 15) is 4.39 Å². The molecule has 0 N–H and O–H groups in total. The topological polar surface area (TPSA) is 42.7 Å². The lowest BCUT2D eigenvalue weighted by molar-refractivity contribution is 0.148. The zero-order valence-corrected chi connectivity index (χ0v) is 15.9. The van der Waals surface area contributed by atoms with Crippen LogP contribution in [-0.2, 0) is 7.05 Å². The molecule has 0 saturated heterocycles. The normalized spacial score (nSPS) is 18.3. The van der Waals surface area contributed by atoms with Crippen molar-refractivity contribution in [1.29, 1.82) is 0 Å². The maximum absolute atomic E-state index is 14.6. The van der Waals surface area contributed by atoms with Crippen molar-refractivity contribution in [3.05, 3.63) is 53.7 Å². The highest BCUT2D eigenvalue weighted by Gasteiger charge is 2.19. The van der Waals surface area contributed by atoms with Crippen LogP contribution in [0.1, 0.15) is 44.6 Å². The van der Waals surface area contributed by atoms with Crippen LogP contribution < -0.4 is 9.64 Å². The Labute approximate surface area is 159 Å². The lowest BCUT2D eigenvalue weighted by Gasteiger charge is -2.24. The first-order valence-corrected chi connectivity index (χ1v) is 9.55. The third kappa shape index (κ3) is 3.89. The van der Waals surface area contributed by atoms with E-state index in [4.69, 9.17) is 4.74 Å². The van der Waals surface area contributed by atoms with Gasteiger partial charge in [-0.25, -0.2) is 4.39 Å². The number of hydrogen-bond acceptors (Lipinski definition) is 4. The number of rotatable bonds is 4. The van der Waals surface area contributed by atoms with Gasteiger partial charge in [-0.15, -0.1) is 0 Å². The molecule has 0 atom stereocenters. The summed E-state index contributed by atoms with van der Waals surface area (Å²) in [5, 5.41) is 4.20. The number of aliphatic imine (C=N–C) groups is 1. The van der Waals surface area contributed by atoms with Crippen LogP contribution in [0.25, 0.3) is 0 Å². The lowest BCUT2D eigenvalue weighted by Crippen LogP contribution is -2.24. The highest BCUT2D eigenvalue weighted by molar-refractivity contribution is 6.13. The first kappa shape index (κ1) is 17.8. The molecular weight excluding hydrogens is 343 g/mol. The molecule has 0 bridgehead atoms. The fourth-order valence-electron chi connectivity index (χ4n) is 3.75. The monoisotopic (exact) mass is 368 g/mol. The zero-order valence-electron chi connectivity index (χ0n) is 15.9. The van der Waals surface area contributed by atoms with Crippen molar-refractivity contribution in [1.82, 2.24) is 9.78 Å². The molecule has 0 unspecified atom stereocenters. The first-order chi connectivity index (χ1) is 13.1. The SMILES string of the molecule is CC1=CN(c2cnn(C)c2)CN=C1c1ccc(OC2CCCCC2)c(F)c1. The van der Waals surface area contributed by atoms with Gasteiger partial charge in [0.1, 0.15) is 6.67 Å². The second-order valence-electron chi connectivity index (χ2n) is 7.33. The third-order valence-electron chi connectivity index (χ3n) is 5.18. The molecule has 0 radical (unpaired) electrons. The highest BCUT2D eigenvalue weighted by Crippen LogP contribution is 2.27. The summed E-state index contributed by atoms with van der Waals surface area (Å²) in [4.78, 5) is 6.69. The molecule has 2 aliphatic rings. The molecule has 2 aromatic rings. The summed E-state index contributed by atoms with van der Waals surface area (Å²) < 4.78 is 22.3. The molecule has 1 aliphatic carbocycles. The van der Waals surface area contributed by atoms with E-state index in [1.54, 1.807) is 16.9 Å². The number of benzene rings is 1. The number of aryl methyl sites for hydroxylation is 1. The Morgan fingerprint density at radius 1 is 1.19 bits per heavy atom. The number of anilines is 1. The van der Waals surface area contributed by atoms with Crippen LogP contribution in [0.15, 0.2) is 47.4 Å². The van der Waals surface area contributed by atoms with Gasteiger partial charge in [0.05, 0.1) is 23.7 Å². The maximum atomic E-state index is 14.6. The molecule has 6 heteroatoms. The van der Waals surface area contributed by atoms with Gasteiger partial charge in [-0.05, 0) is 56.4 Å². The van der Waals surface area contributed by atoms with Crippen LogP contribution >= 0.6 is 0 Å². The average Bonchev–Trinajstić information content (AvgIpc) is 3.11.